The second-order valence-corrected chi connectivity index (χ2v) is 6.89. The molecule has 0 atom stereocenters. The van der Waals surface area contributed by atoms with Crippen molar-refractivity contribution in [2.75, 3.05) is 32.5 Å². The molecule has 0 spiro atoms. The maximum absolute atomic E-state index is 6.19. The lowest BCUT2D eigenvalue weighted by Gasteiger charge is -2.11. The van der Waals surface area contributed by atoms with Gasteiger partial charge in [-0.2, -0.15) is 5.10 Å². The van der Waals surface area contributed by atoms with Gasteiger partial charge in [-0.15, -0.1) is 0 Å². The fourth-order valence-corrected chi connectivity index (χ4v) is 2.87. The van der Waals surface area contributed by atoms with Crippen molar-refractivity contribution in [2.45, 2.75) is 13.0 Å². The van der Waals surface area contributed by atoms with E-state index in [0.29, 0.717) is 21.7 Å². The number of hydrogen-bond donors (Lipinski definition) is 2. The number of anilines is 1. The summed E-state index contributed by atoms with van der Waals surface area (Å²) in [7, 11) is 4.10. The smallest absolute Gasteiger partial charge is 0.170 e. The molecule has 0 saturated heterocycles. The zero-order chi connectivity index (χ0) is 17.5. The van der Waals surface area contributed by atoms with E-state index in [1.807, 2.05) is 24.4 Å². The van der Waals surface area contributed by atoms with Gasteiger partial charge in [0.2, 0.25) is 0 Å². The summed E-state index contributed by atoms with van der Waals surface area (Å²) >= 11 is 17.7. The molecule has 0 aliphatic heterocycles. The van der Waals surface area contributed by atoms with Crippen molar-refractivity contribution in [1.29, 1.82) is 0 Å². The highest BCUT2D eigenvalue weighted by molar-refractivity contribution is 7.80. The summed E-state index contributed by atoms with van der Waals surface area (Å²) in [5.74, 6) is 0. The molecule has 0 bridgehead atoms. The van der Waals surface area contributed by atoms with Crippen LogP contribution < -0.4 is 10.6 Å². The minimum atomic E-state index is 0.503. The Morgan fingerprint density at radius 2 is 2.00 bits per heavy atom. The third-order valence-corrected chi connectivity index (χ3v) is 4.30. The SMILES string of the molecule is CN(C)CCCNC(=S)Nc1cnn(Cc2c(Cl)cccc2Cl)c1. The molecule has 0 aliphatic rings. The Balaban J connectivity index is 1.86. The van der Waals surface area contributed by atoms with Crippen LogP contribution in [0.2, 0.25) is 10.0 Å². The van der Waals surface area contributed by atoms with Crippen molar-refractivity contribution < 1.29 is 0 Å². The number of aromatic nitrogens is 2. The summed E-state index contributed by atoms with van der Waals surface area (Å²) in [6, 6.07) is 5.46. The molecular formula is C16H21Cl2N5S. The van der Waals surface area contributed by atoms with Gasteiger partial charge in [0.25, 0.3) is 0 Å². The number of hydrogen-bond acceptors (Lipinski definition) is 3. The predicted molar refractivity (Wildman–Crippen MR) is 105 cm³/mol. The van der Waals surface area contributed by atoms with Crippen molar-refractivity contribution in [1.82, 2.24) is 20.0 Å². The number of thiocarbonyl (C=S) groups is 1. The number of nitrogens with one attached hydrogen (secondary N) is 2. The van der Waals surface area contributed by atoms with E-state index < -0.39 is 0 Å². The lowest BCUT2D eigenvalue weighted by atomic mass is 10.2. The Bertz CT molecular complexity index is 667. The number of benzene rings is 1. The maximum Gasteiger partial charge on any atom is 0.170 e. The number of rotatable bonds is 7. The topological polar surface area (TPSA) is 45.1 Å². The Labute approximate surface area is 157 Å². The second kappa shape index (κ2) is 9.22. The van der Waals surface area contributed by atoms with Crippen LogP contribution in [0.5, 0.6) is 0 Å². The summed E-state index contributed by atoms with van der Waals surface area (Å²) in [4.78, 5) is 2.14. The van der Waals surface area contributed by atoms with Gasteiger partial charge in [0.15, 0.2) is 5.11 Å². The Morgan fingerprint density at radius 1 is 1.29 bits per heavy atom. The molecule has 1 aromatic carbocycles. The van der Waals surface area contributed by atoms with Crippen LogP contribution in [0.4, 0.5) is 5.69 Å². The molecule has 0 radical (unpaired) electrons. The summed E-state index contributed by atoms with van der Waals surface area (Å²) in [6.45, 7) is 2.35. The second-order valence-electron chi connectivity index (χ2n) is 5.66. The van der Waals surface area contributed by atoms with Crippen LogP contribution in [0.1, 0.15) is 12.0 Å². The van der Waals surface area contributed by atoms with Gasteiger partial charge in [0.05, 0.1) is 18.4 Å². The van der Waals surface area contributed by atoms with Crippen LogP contribution in [0.15, 0.2) is 30.6 Å². The highest BCUT2D eigenvalue weighted by Gasteiger charge is 2.08. The van der Waals surface area contributed by atoms with E-state index in [-0.39, 0.29) is 0 Å². The summed E-state index contributed by atoms with van der Waals surface area (Å²) < 4.78 is 1.77. The van der Waals surface area contributed by atoms with E-state index in [0.717, 1.165) is 30.8 Å². The standard InChI is InChI=1S/C16H21Cl2N5S/c1-22(2)8-4-7-19-16(24)21-12-9-20-23(10-12)11-13-14(17)5-3-6-15(13)18/h3,5-6,9-10H,4,7-8,11H2,1-2H3,(H2,19,21,24). The van der Waals surface area contributed by atoms with Crippen molar-refractivity contribution in [3.05, 3.63) is 46.2 Å². The highest BCUT2D eigenvalue weighted by atomic mass is 35.5. The third-order valence-electron chi connectivity index (χ3n) is 3.34. The molecule has 2 rings (SSSR count). The molecule has 8 heteroatoms. The van der Waals surface area contributed by atoms with Crippen molar-refractivity contribution in [3.63, 3.8) is 0 Å². The van der Waals surface area contributed by atoms with Gasteiger partial charge in [-0.25, -0.2) is 0 Å². The first-order valence-electron chi connectivity index (χ1n) is 7.60. The van der Waals surface area contributed by atoms with E-state index >= 15 is 0 Å². The number of halogens is 2. The summed E-state index contributed by atoms with van der Waals surface area (Å²) in [5.41, 5.74) is 1.67. The molecule has 2 aromatic rings. The van der Waals surface area contributed by atoms with Gasteiger partial charge in [0, 0.05) is 28.4 Å². The van der Waals surface area contributed by atoms with Crippen LogP contribution in [-0.4, -0.2) is 47.0 Å². The molecule has 0 unspecified atom stereocenters. The Hall–Kier alpha value is -1.34. The van der Waals surface area contributed by atoms with Gasteiger partial charge in [-0.05, 0) is 51.4 Å². The molecule has 0 fully saturated rings. The average Bonchev–Trinajstić information content (AvgIpc) is 2.94. The molecular weight excluding hydrogens is 365 g/mol. The van der Waals surface area contributed by atoms with Gasteiger partial charge in [-0.3, -0.25) is 4.68 Å². The largest absolute Gasteiger partial charge is 0.362 e. The normalized spacial score (nSPS) is 10.9. The molecule has 130 valence electrons. The zero-order valence-electron chi connectivity index (χ0n) is 13.7. The van der Waals surface area contributed by atoms with Crippen molar-refractivity contribution >= 4 is 46.2 Å². The lowest BCUT2D eigenvalue weighted by molar-refractivity contribution is 0.400. The average molecular weight is 386 g/mol. The minimum Gasteiger partial charge on any atom is -0.362 e. The molecule has 0 aliphatic carbocycles. The third kappa shape index (κ3) is 5.94. The van der Waals surface area contributed by atoms with Crippen molar-refractivity contribution in [3.8, 4) is 0 Å². The van der Waals surface area contributed by atoms with Crippen LogP contribution in [0, 0.1) is 0 Å². The van der Waals surface area contributed by atoms with Crippen LogP contribution >= 0.6 is 35.4 Å². The van der Waals surface area contributed by atoms with E-state index in [1.165, 1.54) is 0 Å². The molecule has 1 heterocycles. The summed E-state index contributed by atoms with van der Waals surface area (Å²) in [5, 5.41) is 12.5. The minimum absolute atomic E-state index is 0.503. The molecule has 0 saturated carbocycles. The molecule has 5 nitrogen and oxygen atoms in total. The molecule has 2 N–H and O–H groups in total. The van der Waals surface area contributed by atoms with E-state index in [1.54, 1.807) is 10.9 Å². The fourth-order valence-electron chi connectivity index (χ4n) is 2.13. The van der Waals surface area contributed by atoms with Crippen LogP contribution in [0.3, 0.4) is 0 Å². The van der Waals surface area contributed by atoms with Gasteiger partial charge >= 0.3 is 0 Å². The van der Waals surface area contributed by atoms with E-state index in [2.05, 4.69) is 34.7 Å². The molecule has 24 heavy (non-hydrogen) atoms. The first kappa shape index (κ1) is 19.0. The van der Waals surface area contributed by atoms with Crippen LogP contribution in [-0.2, 0) is 6.54 Å². The van der Waals surface area contributed by atoms with E-state index in [4.69, 9.17) is 35.4 Å². The van der Waals surface area contributed by atoms with Gasteiger partial charge < -0.3 is 15.5 Å². The zero-order valence-corrected chi connectivity index (χ0v) is 16.0. The lowest BCUT2D eigenvalue weighted by Crippen LogP contribution is -2.30. The Morgan fingerprint density at radius 3 is 2.67 bits per heavy atom. The quantitative estimate of drug-likeness (QED) is 0.564. The first-order chi connectivity index (χ1) is 11.5. The van der Waals surface area contributed by atoms with E-state index in [9.17, 15) is 0 Å². The first-order valence-corrected chi connectivity index (χ1v) is 8.77. The van der Waals surface area contributed by atoms with Gasteiger partial charge in [0.1, 0.15) is 0 Å². The van der Waals surface area contributed by atoms with Crippen molar-refractivity contribution in [2.24, 2.45) is 0 Å². The maximum atomic E-state index is 6.19. The monoisotopic (exact) mass is 385 g/mol. The van der Waals surface area contributed by atoms with Crippen LogP contribution in [0.25, 0.3) is 0 Å². The molecule has 1 aromatic heterocycles. The number of nitrogens with zero attached hydrogens (tertiary/aromatic N) is 3. The predicted octanol–water partition coefficient (Wildman–Crippen LogP) is 3.48. The molecule has 0 amide bonds. The Kier molecular flexibility index (Phi) is 7.30. The highest BCUT2D eigenvalue weighted by Crippen LogP contribution is 2.25. The summed E-state index contributed by atoms with van der Waals surface area (Å²) in [6.07, 6.45) is 4.62. The fraction of sp³-hybridized carbons (Fsp3) is 0.375. The van der Waals surface area contributed by atoms with Gasteiger partial charge in [-0.1, -0.05) is 29.3 Å².